The molecule has 0 saturated heterocycles. The molecule has 0 N–H and O–H groups in total. The molecule has 3 rings (SSSR count). The van der Waals surface area contributed by atoms with Crippen molar-refractivity contribution in [3.05, 3.63) is 62.1 Å². The molecule has 0 aliphatic rings. The minimum Gasteiger partial charge on any atom is -0.465 e. The molecule has 0 spiro atoms. The summed E-state index contributed by atoms with van der Waals surface area (Å²) >= 11 is 24.3. The number of aromatic nitrogens is 1. The highest BCUT2D eigenvalue weighted by Gasteiger charge is 2.17. The van der Waals surface area contributed by atoms with Crippen molar-refractivity contribution in [3.63, 3.8) is 0 Å². The van der Waals surface area contributed by atoms with Crippen LogP contribution >= 0.6 is 46.4 Å². The summed E-state index contributed by atoms with van der Waals surface area (Å²) in [5, 5.41) is 2.08. The second-order valence-electron chi connectivity index (χ2n) is 4.96. The number of carbonyl (C=O) groups excluding carboxylic acids is 1. The summed E-state index contributed by atoms with van der Waals surface area (Å²) < 4.78 is 4.86. The Morgan fingerprint density at radius 3 is 2.38 bits per heavy atom. The fourth-order valence-electron chi connectivity index (χ4n) is 2.33. The van der Waals surface area contributed by atoms with Gasteiger partial charge in [-0.15, -0.1) is 0 Å². The van der Waals surface area contributed by atoms with Crippen LogP contribution in [0.25, 0.3) is 22.2 Å². The van der Waals surface area contributed by atoms with E-state index in [9.17, 15) is 4.79 Å². The number of ether oxygens (including phenoxy) is 1. The molecule has 0 aliphatic carbocycles. The van der Waals surface area contributed by atoms with Crippen molar-refractivity contribution in [2.45, 2.75) is 0 Å². The SMILES string of the molecule is COC(=O)c1cc(-c2ccc(Cl)c(Cl)c2)nc2c(Cl)cc(Cl)cc12. The summed E-state index contributed by atoms with van der Waals surface area (Å²) in [5.41, 5.74) is 1.98. The molecule has 0 unspecified atom stereocenters. The lowest BCUT2D eigenvalue weighted by molar-refractivity contribution is 0.0603. The van der Waals surface area contributed by atoms with Gasteiger partial charge in [-0.05, 0) is 30.3 Å². The van der Waals surface area contributed by atoms with Crippen molar-refractivity contribution in [2.24, 2.45) is 0 Å². The predicted octanol–water partition coefficient (Wildman–Crippen LogP) is 6.30. The topological polar surface area (TPSA) is 39.2 Å². The summed E-state index contributed by atoms with van der Waals surface area (Å²) in [6.07, 6.45) is 0. The van der Waals surface area contributed by atoms with E-state index in [1.165, 1.54) is 7.11 Å². The van der Waals surface area contributed by atoms with Crippen LogP contribution < -0.4 is 0 Å². The number of esters is 1. The Bertz CT molecular complexity index is 972. The molecule has 3 nitrogen and oxygen atoms in total. The average molecular weight is 401 g/mol. The summed E-state index contributed by atoms with van der Waals surface area (Å²) in [5.74, 6) is -0.512. The number of nitrogens with zero attached hydrogens (tertiary/aromatic N) is 1. The maximum absolute atomic E-state index is 12.2. The molecule has 0 amide bonds. The predicted molar refractivity (Wildman–Crippen MR) is 98.6 cm³/mol. The number of carbonyl (C=O) groups is 1. The number of fused-ring (bicyclic) bond motifs is 1. The lowest BCUT2D eigenvalue weighted by atomic mass is 10.0. The fourth-order valence-corrected chi connectivity index (χ4v) is 3.17. The van der Waals surface area contributed by atoms with Crippen molar-refractivity contribution in [3.8, 4) is 11.3 Å². The quantitative estimate of drug-likeness (QED) is 0.473. The van der Waals surface area contributed by atoms with Crippen molar-refractivity contribution in [1.29, 1.82) is 0 Å². The van der Waals surface area contributed by atoms with Gasteiger partial charge in [-0.1, -0.05) is 52.5 Å². The molecule has 3 aromatic rings. The Morgan fingerprint density at radius 2 is 1.71 bits per heavy atom. The molecule has 0 saturated carbocycles. The highest BCUT2D eigenvalue weighted by molar-refractivity contribution is 6.42. The first-order valence-electron chi connectivity index (χ1n) is 6.74. The van der Waals surface area contributed by atoms with Gasteiger partial charge in [-0.2, -0.15) is 0 Å². The Morgan fingerprint density at radius 1 is 0.958 bits per heavy atom. The van der Waals surface area contributed by atoms with E-state index in [0.717, 1.165) is 0 Å². The third kappa shape index (κ3) is 3.17. The maximum atomic E-state index is 12.2. The van der Waals surface area contributed by atoms with Crippen LogP contribution in [0.15, 0.2) is 36.4 Å². The lowest BCUT2D eigenvalue weighted by Crippen LogP contribution is -2.04. The summed E-state index contributed by atoms with van der Waals surface area (Å²) in [4.78, 5) is 16.7. The van der Waals surface area contributed by atoms with Gasteiger partial charge in [0.1, 0.15) is 0 Å². The van der Waals surface area contributed by atoms with Gasteiger partial charge in [-0.25, -0.2) is 9.78 Å². The fraction of sp³-hybridized carbons (Fsp3) is 0.0588. The minimum atomic E-state index is -0.512. The Balaban J connectivity index is 2.34. The molecule has 7 heteroatoms. The number of methoxy groups -OCH3 is 1. The molecule has 0 radical (unpaired) electrons. The second kappa shape index (κ2) is 6.77. The van der Waals surface area contributed by atoms with E-state index >= 15 is 0 Å². The van der Waals surface area contributed by atoms with Crippen molar-refractivity contribution >= 4 is 63.3 Å². The van der Waals surface area contributed by atoms with Gasteiger partial charge >= 0.3 is 5.97 Å². The molecular formula is C17H9Cl4NO2. The van der Waals surface area contributed by atoms with E-state index in [2.05, 4.69) is 4.98 Å². The number of pyridine rings is 1. The van der Waals surface area contributed by atoms with E-state index in [-0.39, 0.29) is 0 Å². The van der Waals surface area contributed by atoms with Gasteiger partial charge in [-0.3, -0.25) is 0 Å². The summed E-state index contributed by atoms with van der Waals surface area (Å²) in [6, 6.07) is 9.89. The maximum Gasteiger partial charge on any atom is 0.338 e. The standard InChI is InChI=1S/C17H9Cl4NO2/c1-24-17(23)11-7-15(8-2-3-12(19)13(20)4-8)22-16-10(11)5-9(18)6-14(16)21/h2-7H,1H3. The number of hydrogen-bond donors (Lipinski definition) is 0. The normalized spacial score (nSPS) is 10.9. The van der Waals surface area contributed by atoms with Crippen molar-refractivity contribution < 1.29 is 9.53 Å². The Hall–Kier alpha value is -1.52. The zero-order chi connectivity index (χ0) is 17.4. The molecule has 0 fully saturated rings. The van der Waals surface area contributed by atoms with Crippen LogP contribution in [0.3, 0.4) is 0 Å². The number of rotatable bonds is 2. The van der Waals surface area contributed by atoms with Gasteiger partial charge in [0, 0.05) is 16.0 Å². The highest BCUT2D eigenvalue weighted by atomic mass is 35.5. The van der Waals surface area contributed by atoms with E-state index in [4.69, 9.17) is 51.1 Å². The molecule has 24 heavy (non-hydrogen) atoms. The largest absolute Gasteiger partial charge is 0.465 e. The summed E-state index contributed by atoms with van der Waals surface area (Å²) in [6.45, 7) is 0. The number of halogens is 4. The first-order valence-corrected chi connectivity index (χ1v) is 8.25. The van der Waals surface area contributed by atoms with Gasteiger partial charge in [0.2, 0.25) is 0 Å². The van der Waals surface area contributed by atoms with Crippen LogP contribution in [0.5, 0.6) is 0 Å². The molecule has 122 valence electrons. The van der Waals surface area contributed by atoms with Crippen LogP contribution in [0.4, 0.5) is 0 Å². The lowest BCUT2D eigenvalue weighted by Gasteiger charge is -2.11. The Labute approximate surface area is 158 Å². The van der Waals surface area contributed by atoms with Crippen LogP contribution in [-0.4, -0.2) is 18.1 Å². The number of benzene rings is 2. The summed E-state index contributed by atoms with van der Waals surface area (Å²) in [7, 11) is 1.31. The van der Waals surface area contributed by atoms with Gasteiger partial charge < -0.3 is 4.74 Å². The van der Waals surface area contributed by atoms with Gasteiger partial charge in [0.15, 0.2) is 0 Å². The van der Waals surface area contributed by atoms with Crippen LogP contribution in [0.2, 0.25) is 20.1 Å². The van der Waals surface area contributed by atoms with Crippen LogP contribution in [-0.2, 0) is 4.74 Å². The Kier molecular flexibility index (Phi) is 4.88. The second-order valence-corrected chi connectivity index (χ2v) is 6.62. The third-order valence-electron chi connectivity index (χ3n) is 3.45. The van der Waals surface area contributed by atoms with Gasteiger partial charge in [0.25, 0.3) is 0 Å². The first-order chi connectivity index (χ1) is 11.4. The molecular weight excluding hydrogens is 392 g/mol. The first kappa shape index (κ1) is 17.3. The molecule has 0 bridgehead atoms. The van der Waals surface area contributed by atoms with Crippen molar-refractivity contribution in [1.82, 2.24) is 4.98 Å². The minimum absolute atomic E-state index is 0.313. The molecule has 1 aromatic heterocycles. The molecule has 0 atom stereocenters. The highest BCUT2D eigenvalue weighted by Crippen LogP contribution is 2.34. The van der Waals surface area contributed by atoms with Crippen molar-refractivity contribution in [2.75, 3.05) is 7.11 Å². The third-order valence-corrected chi connectivity index (χ3v) is 4.70. The molecule has 1 heterocycles. The van der Waals surface area contributed by atoms with E-state index in [1.54, 1.807) is 36.4 Å². The monoisotopic (exact) mass is 399 g/mol. The van der Waals surface area contributed by atoms with Crippen LogP contribution in [0, 0.1) is 0 Å². The van der Waals surface area contributed by atoms with E-state index in [1.807, 2.05) is 0 Å². The average Bonchev–Trinajstić information content (AvgIpc) is 2.56. The smallest absolute Gasteiger partial charge is 0.338 e. The van der Waals surface area contributed by atoms with Gasteiger partial charge in [0.05, 0.1) is 39.0 Å². The van der Waals surface area contributed by atoms with E-state index < -0.39 is 5.97 Å². The molecule has 2 aromatic carbocycles. The molecule has 0 aliphatic heterocycles. The van der Waals surface area contributed by atoms with Crippen LogP contribution in [0.1, 0.15) is 10.4 Å². The zero-order valence-electron chi connectivity index (χ0n) is 12.2. The zero-order valence-corrected chi connectivity index (χ0v) is 15.3. The van der Waals surface area contributed by atoms with E-state index in [0.29, 0.717) is 47.8 Å². The number of hydrogen-bond acceptors (Lipinski definition) is 3.